The Labute approximate surface area is 171 Å². The summed E-state index contributed by atoms with van der Waals surface area (Å²) < 4.78 is 12.5. The number of nitrogens with one attached hydrogen (secondary N) is 1. The van der Waals surface area contributed by atoms with Gasteiger partial charge in [0.05, 0.1) is 19.4 Å². The minimum atomic E-state index is -0.136. The van der Waals surface area contributed by atoms with Crippen molar-refractivity contribution >= 4 is 28.2 Å². The molecule has 2 heterocycles. The Morgan fingerprint density at radius 2 is 1.86 bits per heavy atom. The Morgan fingerprint density at radius 3 is 2.62 bits per heavy atom. The summed E-state index contributed by atoms with van der Waals surface area (Å²) in [7, 11) is 1.62. The summed E-state index contributed by atoms with van der Waals surface area (Å²) in [5.74, 6) is 1.70. The van der Waals surface area contributed by atoms with Crippen LogP contribution < -0.4 is 14.8 Å². The fourth-order valence-corrected chi connectivity index (χ4v) is 3.65. The van der Waals surface area contributed by atoms with E-state index in [0.29, 0.717) is 25.4 Å². The van der Waals surface area contributed by atoms with E-state index in [4.69, 9.17) is 9.47 Å². The molecule has 7 nitrogen and oxygen atoms in total. The van der Waals surface area contributed by atoms with Crippen molar-refractivity contribution in [2.75, 3.05) is 19.0 Å². The molecular weight excluding hydrogens is 388 g/mol. The normalized spacial score (nSPS) is 10.8. The van der Waals surface area contributed by atoms with E-state index in [9.17, 15) is 4.79 Å². The molecule has 0 saturated heterocycles. The number of carbonyl (C=O) groups is 1. The standard InChI is InChI=1S/C21H20N4O3S/c1-27-16-9-11-17(12-10-16)28-13-5-8-19(26)22-20-23-21-25(24-20)18(14-29-21)15-6-3-2-4-7-15/h2-4,6-7,9-12,14H,5,8,13H2,1H3,(H,22,24,26). The molecule has 0 radical (unpaired) electrons. The quantitative estimate of drug-likeness (QED) is 0.441. The van der Waals surface area contributed by atoms with Gasteiger partial charge in [0, 0.05) is 17.4 Å². The maximum absolute atomic E-state index is 12.2. The largest absolute Gasteiger partial charge is 0.497 e. The summed E-state index contributed by atoms with van der Waals surface area (Å²) in [5.41, 5.74) is 2.00. The minimum absolute atomic E-state index is 0.136. The van der Waals surface area contributed by atoms with Crippen LogP contribution in [-0.4, -0.2) is 34.2 Å². The molecule has 0 aliphatic carbocycles. The van der Waals surface area contributed by atoms with Crippen LogP contribution in [0.5, 0.6) is 11.5 Å². The molecule has 0 aliphatic rings. The summed E-state index contributed by atoms with van der Waals surface area (Å²) in [6, 6.07) is 17.3. The van der Waals surface area contributed by atoms with Gasteiger partial charge >= 0.3 is 0 Å². The van der Waals surface area contributed by atoms with Crippen LogP contribution in [0.15, 0.2) is 60.0 Å². The van der Waals surface area contributed by atoms with Crippen molar-refractivity contribution in [2.45, 2.75) is 12.8 Å². The number of anilines is 1. The van der Waals surface area contributed by atoms with E-state index in [1.165, 1.54) is 11.3 Å². The molecule has 29 heavy (non-hydrogen) atoms. The van der Waals surface area contributed by atoms with E-state index in [2.05, 4.69) is 15.4 Å². The highest BCUT2D eigenvalue weighted by molar-refractivity contribution is 7.15. The highest BCUT2D eigenvalue weighted by atomic mass is 32.1. The second kappa shape index (κ2) is 8.74. The number of methoxy groups -OCH3 is 1. The number of rotatable bonds is 8. The van der Waals surface area contributed by atoms with Gasteiger partial charge < -0.3 is 9.47 Å². The number of carbonyl (C=O) groups excluding carboxylic acids is 1. The second-order valence-electron chi connectivity index (χ2n) is 6.29. The smallest absolute Gasteiger partial charge is 0.250 e. The van der Waals surface area contributed by atoms with Crippen LogP contribution in [0, 0.1) is 0 Å². The lowest BCUT2D eigenvalue weighted by Gasteiger charge is -2.06. The Morgan fingerprint density at radius 1 is 1.10 bits per heavy atom. The molecule has 1 N–H and O–H groups in total. The Bertz CT molecular complexity index is 1090. The van der Waals surface area contributed by atoms with Gasteiger partial charge in [-0.25, -0.2) is 4.52 Å². The van der Waals surface area contributed by atoms with E-state index >= 15 is 0 Å². The third-order valence-electron chi connectivity index (χ3n) is 4.28. The van der Waals surface area contributed by atoms with Crippen LogP contribution >= 0.6 is 11.3 Å². The summed E-state index contributed by atoms with van der Waals surface area (Å²) in [6.07, 6.45) is 0.921. The summed E-state index contributed by atoms with van der Waals surface area (Å²) in [6.45, 7) is 0.448. The maximum Gasteiger partial charge on any atom is 0.250 e. The minimum Gasteiger partial charge on any atom is -0.497 e. The molecule has 4 rings (SSSR count). The Balaban J connectivity index is 1.29. The number of amides is 1. The van der Waals surface area contributed by atoms with E-state index in [0.717, 1.165) is 27.7 Å². The molecule has 0 saturated carbocycles. The van der Waals surface area contributed by atoms with Crippen molar-refractivity contribution in [2.24, 2.45) is 0 Å². The van der Waals surface area contributed by atoms with Crippen molar-refractivity contribution in [3.05, 3.63) is 60.0 Å². The van der Waals surface area contributed by atoms with E-state index in [1.54, 1.807) is 11.6 Å². The first-order valence-electron chi connectivity index (χ1n) is 9.19. The topological polar surface area (TPSA) is 77.8 Å². The van der Waals surface area contributed by atoms with Gasteiger partial charge in [-0.1, -0.05) is 30.3 Å². The lowest BCUT2D eigenvalue weighted by molar-refractivity contribution is -0.116. The maximum atomic E-state index is 12.2. The van der Waals surface area contributed by atoms with Crippen LogP contribution in [0.3, 0.4) is 0 Å². The highest BCUT2D eigenvalue weighted by Gasteiger charge is 2.13. The number of ether oxygens (including phenoxy) is 2. The van der Waals surface area contributed by atoms with Crippen LogP contribution in [0.2, 0.25) is 0 Å². The fraction of sp³-hybridized carbons (Fsp3) is 0.190. The molecule has 0 unspecified atom stereocenters. The number of aromatic nitrogens is 3. The van der Waals surface area contributed by atoms with E-state index in [1.807, 2.05) is 60.0 Å². The van der Waals surface area contributed by atoms with Gasteiger partial charge in [-0.05, 0) is 30.7 Å². The van der Waals surface area contributed by atoms with Crippen molar-refractivity contribution in [1.29, 1.82) is 0 Å². The monoisotopic (exact) mass is 408 g/mol. The SMILES string of the molecule is COc1ccc(OCCCC(=O)Nc2nc3scc(-c4ccccc4)n3n2)cc1. The molecule has 4 aromatic rings. The van der Waals surface area contributed by atoms with Gasteiger partial charge in [0.25, 0.3) is 0 Å². The molecule has 2 aromatic heterocycles. The number of hydrogen-bond donors (Lipinski definition) is 1. The van der Waals surface area contributed by atoms with Crippen molar-refractivity contribution < 1.29 is 14.3 Å². The number of benzene rings is 2. The summed E-state index contributed by atoms with van der Waals surface area (Å²) in [5, 5.41) is 9.19. The third-order valence-corrected chi connectivity index (χ3v) is 5.09. The predicted octanol–water partition coefficient (Wildman–Crippen LogP) is 4.26. The summed E-state index contributed by atoms with van der Waals surface area (Å²) in [4.78, 5) is 17.3. The average molecular weight is 408 g/mol. The Kier molecular flexibility index (Phi) is 5.71. The first kappa shape index (κ1) is 18.9. The lowest BCUT2D eigenvalue weighted by atomic mass is 10.2. The number of nitrogens with zero attached hydrogens (tertiary/aromatic N) is 3. The van der Waals surface area contributed by atoms with Gasteiger partial charge in [-0.3, -0.25) is 10.1 Å². The third kappa shape index (κ3) is 4.55. The van der Waals surface area contributed by atoms with Crippen molar-refractivity contribution in [3.63, 3.8) is 0 Å². The second-order valence-corrected chi connectivity index (χ2v) is 7.13. The molecule has 8 heteroatoms. The Hall–Kier alpha value is -3.39. The van der Waals surface area contributed by atoms with Gasteiger partial charge in [0.2, 0.25) is 16.8 Å². The molecule has 2 aromatic carbocycles. The number of thiazole rings is 1. The van der Waals surface area contributed by atoms with Gasteiger partial charge in [-0.15, -0.1) is 16.4 Å². The molecule has 0 atom stereocenters. The number of hydrogen-bond acceptors (Lipinski definition) is 6. The predicted molar refractivity (Wildman–Crippen MR) is 113 cm³/mol. The zero-order valence-corrected chi connectivity index (χ0v) is 16.7. The molecular formula is C21H20N4O3S. The van der Waals surface area contributed by atoms with Crippen LogP contribution in [-0.2, 0) is 4.79 Å². The first-order valence-corrected chi connectivity index (χ1v) is 10.1. The first-order chi connectivity index (χ1) is 14.2. The fourth-order valence-electron chi connectivity index (χ4n) is 2.82. The number of fused-ring (bicyclic) bond motifs is 1. The lowest BCUT2D eigenvalue weighted by Crippen LogP contribution is -2.14. The molecule has 1 amide bonds. The molecule has 148 valence electrons. The van der Waals surface area contributed by atoms with Gasteiger partial charge in [0.1, 0.15) is 11.5 Å². The highest BCUT2D eigenvalue weighted by Crippen LogP contribution is 2.25. The van der Waals surface area contributed by atoms with Crippen molar-refractivity contribution in [1.82, 2.24) is 14.6 Å². The molecule has 0 spiro atoms. The summed E-state index contributed by atoms with van der Waals surface area (Å²) >= 11 is 1.49. The van der Waals surface area contributed by atoms with E-state index in [-0.39, 0.29) is 5.91 Å². The molecule has 0 bridgehead atoms. The van der Waals surface area contributed by atoms with Gasteiger partial charge in [-0.2, -0.15) is 4.98 Å². The average Bonchev–Trinajstić information content (AvgIpc) is 3.32. The van der Waals surface area contributed by atoms with E-state index < -0.39 is 0 Å². The molecule has 0 fully saturated rings. The zero-order valence-electron chi connectivity index (χ0n) is 15.9. The van der Waals surface area contributed by atoms with Crippen molar-refractivity contribution in [3.8, 4) is 22.8 Å². The molecule has 0 aliphatic heterocycles. The van der Waals surface area contributed by atoms with Gasteiger partial charge in [0.15, 0.2) is 0 Å². The van der Waals surface area contributed by atoms with Crippen LogP contribution in [0.1, 0.15) is 12.8 Å². The van der Waals surface area contributed by atoms with Crippen LogP contribution in [0.25, 0.3) is 16.2 Å². The zero-order chi connectivity index (χ0) is 20.1. The van der Waals surface area contributed by atoms with Crippen LogP contribution in [0.4, 0.5) is 5.95 Å².